The molecule has 1 aromatic rings. The summed E-state index contributed by atoms with van der Waals surface area (Å²) in [6.07, 6.45) is 2.25. The van der Waals surface area contributed by atoms with Crippen molar-refractivity contribution < 1.29 is 14.2 Å². The molecule has 0 fully saturated rings. The van der Waals surface area contributed by atoms with Gasteiger partial charge in [0.1, 0.15) is 5.82 Å². The zero-order valence-corrected chi connectivity index (χ0v) is 9.56. The van der Waals surface area contributed by atoms with Crippen LogP contribution in [0.25, 0.3) is 0 Å². The van der Waals surface area contributed by atoms with Crippen molar-refractivity contribution in [2.75, 3.05) is 27.3 Å². The molecule has 0 saturated carbocycles. The van der Waals surface area contributed by atoms with E-state index in [0.29, 0.717) is 19.7 Å². The van der Waals surface area contributed by atoms with Gasteiger partial charge in [0.25, 0.3) is 0 Å². The van der Waals surface area contributed by atoms with E-state index >= 15 is 0 Å². The molecule has 0 saturated heterocycles. The summed E-state index contributed by atoms with van der Waals surface area (Å²) in [5.74, 6) is -0.344. The highest BCUT2D eigenvalue weighted by atomic mass is 19.1. The summed E-state index contributed by atoms with van der Waals surface area (Å²) in [5, 5.41) is 9.50. The standard InChI is InChI=1S/C11H17FN2O2/c1-14(7-11(15)8-16-2)6-9-3-10(12)5-13-4-9/h3-5,11,15H,6-8H2,1-2H3. The molecule has 0 spiro atoms. The summed E-state index contributed by atoms with van der Waals surface area (Å²) in [6.45, 7) is 1.32. The van der Waals surface area contributed by atoms with Gasteiger partial charge in [-0.15, -0.1) is 0 Å². The summed E-state index contributed by atoms with van der Waals surface area (Å²) in [4.78, 5) is 5.65. The number of hydrogen-bond donors (Lipinski definition) is 1. The Morgan fingerprint density at radius 1 is 1.56 bits per heavy atom. The first-order valence-electron chi connectivity index (χ1n) is 5.06. The van der Waals surface area contributed by atoms with Gasteiger partial charge in [-0.2, -0.15) is 0 Å². The monoisotopic (exact) mass is 228 g/mol. The average molecular weight is 228 g/mol. The van der Waals surface area contributed by atoms with Crippen molar-refractivity contribution in [3.05, 3.63) is 29.8 Å². The van der Waals surface area contributed by atoms with Gasteiger partial charge in [0.15, 0.2) is 0 Å². The van der Waals surface area contributed by atoms with E-state index < -0.39 is 6.10 Å². The molecule has 0 aliphatic carbocycles. The van der Waals surface area contributed by atoms with Crippen molar-refractivity contribution in [1.29, 1.82) is 0 Å². The Morgan fingerprint density at radius 3 is 2.94 bits per heavy atom. The lowest BCUT2D eigenvalue weighted by molar-refractivity contribution is 0.0418. The van der Waals surface area contributed by atoms with Crippen molar-refractivity contribution >= 4 is 0 Å². The van der Waals surface area contributed by atoms with E-state index in [0.717, 1.165) is 5.56 Å². The van der Waals surface area contributed by atoms with Gasteiger partial charge < -0.3 is 9.84 Å². The largest absolute Gasteiger partial charge is 0.389 e. The number of pyridine rings is 1. The molecular formula is C11H17FN2O2. The van der Waals surface area contributed by atoms with E-state index in [2.05, 4.69) is 4.98 Å². The number of likely N-dealkylation sites (N-methyl/N-ethyl adjacent to an activating group) is 1. The molecule has 16 heavy (non-hydrogen) atoms. The van der Waals surface area contributed by atoms with Crippen LogP contribution in [-0.2, 0) is 11.3 Å². The maximum Gasteiger partial charge on any atom is 0.141 e. The molecule has 1 rings (SSSR count). The van der Waals surface area contributed by atoms with Gasteiger partial charge in [0, 0.05) is 26.4 Å². The van der Waals surface area contributed by atoms with Crippen LogP contribution in [0, 0.1) is 5.82 Å². The third kappa shape index (κ3) is 4.65. The van der Waals surface area contributed by atoms with Crippen molar-refractivity contribution in [3.63, 3.8) is 0 Å². The minimum atomic E-state index is -0.531. The molecule has 0 amide bonds. The van der Waals surface area contributed by atoms with Gasteiger partial charge in [0.2, 0.25) is 0 Å². The molecule has 0 radical (unpaired) electrons. The molecule has 1 aromatic heterocycles. The number of methoxy groups -OCH3 is 1. The molecule has 0 aliphatic heterocycles. The number of halogens is 1. The van der Waals surface area contributed by atoms with Crippen molar-refractivity contribution in [3.8, 4) is 0 Å². The SMILES string of the molecule is COCC(O)CN(C)Cc1cncc(F)c1. The normalized spacial score (nSPS) is 13.1. The molecule has 90 valence electrons. The summed E-state index contributed by atoms with van der Waals surface area (Å²) in [5.41, 5.74) is 0.784. The van der Waals surface area contributed by atoms with Gasteiger partial charge in [-0.05, 0) is 18.7 Å². The molecular weight excluding hydrogens is 211 g/mol. The number of hydrogen-bond acceptors (Lipinski definition) is 4. The Morgan fingerprint density at radius 2 is 2.31 bits per heavy atom. The second kappa shape index (κ2) is 6.52. The quantitative estimate of drug-likeness (QED) is 0.777. The smallest absolute Gasteiger partial charge is 0.141 e. The molecule has 0 aliphatic rings. The van der Waals surface area contributed by atoms with Crippen LogP contribution in [0.5, 0.6) is 0 Å². The molecule has 1 unspecified atom stereocenters. The van der Waals surface area contributed by atoms with Crippen LogP contribution in [0.3, 0.4) is 0 Å². The van der Waals surface area contributed by atoms with Crippen LogP contribution in [0.15, 0.2) is 18.5 Å². The average Bonchev–Trinajstić information content (AvgIpc) is 2.17. The summed E-state index contributed by atoms with van der Waals surface area (Å²) in [6, 6.07) is 1.44. The van der Waals surface area contributed by atoms with Crippen LogP contribution < -0.4 is 0 Å². The number of aromatic nitrogens is 1. The van der Waals surface area contributed by atoms with Gasteiger partial charge in [0.05, 0.1) is 18.9 Å². The number of aliphatic hydroxyl groups is 1. The van der Waals surface area contributed by atoms with Crippen molar-refractivity contribution in [2.24, 2.45) is 0 Å². The highest BCUT2D eigenvalue weighted by Crippen LogP contribution is 2.04. The Labute approximate surface area is 94.7 Å². The first-order chi connectivity index (χ1) is 7.61. The molecule has 0 aromatic carbocycles. The first kappa shape index (κ1) is 13.0. The lowest BCUT2D eigenvalue weighted by atomic mass is 10.2. The topological polar surface area (TPSA) is 45.6 Å². The predicted octanol–water partition coefficient (Wildman–Crippen LogP) is 0.660. The maximum atomic E-state index is 12.9. The minimum absolute atomic E-state index is 0.297. The lowest BCUT2D eigenvalue weighted by Gasteiger charge is -2.19. The minimum Gasteiger partial charge on any atom is -0.389 e. The van der Waals surface area contributed by atoms with Crippen LogP contribution in [0.4, 0.5) is 4.39 Å². The Bertz CT molecular complexity index is 323. The lowest BCUT2D eigenvalue weighted by Crippen LogP contribution is -2.31. The Balaban J connectivity index is 2.42. The fraction of sp³-hybridized carbons (Fsp3) is 0.545. The molecule has 1 heterocycles. The zero-order valence-electron chi connectivity index (χ0n) is 9.56. The number of rotatable bonds is 6. The van der Waals surface area contributed by atoms with E-state index in [1.54, 1.807) is 13.3 Å². The molecule has 1 N–H and O–H groups in total. The predicted molar refractivity (Wildman–Crippen MR) is 58.4 cm³/mol. The van der Waals surface area contributed by atoms with E-state index in [1.807, 2.05) is 11.9 Å². The first-order valence-corrected chi connectivity index (χ1v) is 5.06. The molecule has 4 nitrogen and oxygen atoms in total. The molecule has 0 bridgehead atoms. The third-order valence-corrected chi connectivity index (χ3v) is 2.10. The number of ether oxygens (including phenoxy) is 1. The molecule has 1 atom stereocenters. The van der Waals surface area contributed by atoms with Crippen LogP contribution >= 0.6 is 0 Å². The van der Waals surface area contributed by atoms with Gasteiger partial charge in [-0.3, -0.25) is 9.88 Å². The van der Waals surface area contributed by atoms with Crippen LogP contribution in [0.1, 0.15) is 5.56 Å². The summed E-state index contributed by atoms with van der Waals surface area (Å²) < 4.78 is 17.7. The number of nitrogens with zero attached hydrogens (tertiary/aromatic N) is 2. The van der Waals surface area contributed by atoms with E-state index in [-0.39, 0.29) is 5.82 Å². The Kier molecular flexibility index (Phi) is 5.31. The third-order valence-electron chi connectivity index (χ3n) is 2.10. The number of aliphatic hydroxyl groups excluding tert-OH is 1. The van der Waals surface area contributed by atoms with E-state index in [4.69, 9.17) is 4.74 Å². The second-order valence-corrected chi connectivity index (χ2v) is 3.82. The van der Waals surface area contributed by atoms with Gasteiger partial charge >= 0.3 is 0 Å². The van der Waals surface area contributed by atoms with Gasteiger partial charge in [-0.1, -0.05) is 0 Å². The zero-order chi connectivity index (χ0) is 12.0. The van der Waals surface area contributed by atoms with Crippen LogP contribution in [-0.4, -0.2) is 48.4 Å². The van der Waals surface area contributed by atoms with Gasteiger partial charge in [-0.25, -0.2) is 4.39 Å². The fourth-order valence-corrected chi connectivity index (χ4v) is 1.52. The fourth-order valence-electron chi connectivity index (χ4n) is 1.52. The maximum absolute atomic E-state index is 12.9. The Hall–Kier alpha value is -1.04. The van der Waals surface area contributed by atoms with E-state index in [9.17, 15) is 9.50 Å². The van der Waals surface area contributed by atoms with E-state index in [1.165, 1.54) is 12.3 Å². The second-order valence-electron chi connectivity index (χ2n) is 3.82. The summed E-state index contributed by atoms with van der Waals surface area (Å²) >= 11 is 0. The highest BCUT2D eigenvalue weighted by molar-refractivity contribution is 5.09. The molecule has 5 heteroatoms. The highest BCUT2D eigenvalue weighted by Gasteiger charge is 2.08. The summed E-state index contributed by atoms with van der Waals surface area (Å²) in [7, 11) is 3.39. The van der Waals surface area contributed by atoms with Crippen molar-refractivity contribution in [1.82, 2.24) is 9.88 Å². The van der Waals surface area contributed by atoms with Crippen LogP contribution in [0.2, 0.25) is 0 Å². The van der Waals surface area contributed by atoms with Crippen molar-refractivity contribution in [2.45, 2.75) is 12.6 Å².